The first-order chi connectivity index (χ1) is 5.65. The van der Waals surface area contributed by atoms with Gasteiger partial charge in [-0.1, -0.05) is 27.7 Å². The molecule has 0 saturated heterocycles. The van der Waals surface area contributed by atoms with Crippen LogP contribution in [0, 0.1) is 5.92 Å². The van der Waals surface area contributed by atoms with Gasteiger partial charge in [0.1, 0.15) is 5.78 Å². The molecule has 0 aromatic rings. The van der Waals surface area contributed by atoms with Crippen LogP contribution in [0.2, 0.25) is 0 Å². The summed E-state index contributed by atoms with van der Waals surface area (Å²) >= 11 is 0. The number of ketones is 1. The fourth-order valence-corrected chi connectivity index (χ4v) is 1.32. The zero-order chi connectivity index (χ0) is 9.56. The third kappa shape index (κ3) is 3.86. The molecule has 0 saturated carbocycles. The van der Waals surface area contributed by atoms with Gasteiger partial charge in [-0.15, -0.1) is 0 Å². The maximum absolute atomic E-state index is 11.3. The smallest absolute Gasteiger partial charge is 0.136 e. The third-order valence-electron chi connectivity index (χ3n) is 2.32. The van der Waals surface area contributed by atoms with Crippen molar-refractivity contribution >= 4 is 5.78 Å². The highest BCUT2D eigenvalue weighted by atomic mass is 16.1. The summed E-state index contributed by atoms with van der Waals surface area (Å²) in [6.07, 6.45) is 0.669. The number of Topliss-reactive ketones (excluding diaryl/α,β-unsaturated/α-hetero) is 1. The highest BCUT2D eigenvalue weighted by Crippen LogP contribution is 2.03. The van der Waals surface area contributed by atoms with Crippen molar-refractivity contribution in [2.24, 2.45) is 5.92 Å². The summed E-state index contributed by atoms with van der Waals surface area (Å²) in [5.41, 5.74) is 0. The van der Waals surface area contributed by atoms with Gasteiger partial charge in [0.05, 0.1) is 0 Å². The van der Waals surface area contributed by atoms with Crippen LogP contribution in [-0.2, 0) is 4.79 Å². The van der Waals surface area contributed by atoms with Crippen LogP contribution in [0.15, 0.2) is 0 Å². The van der Waals surface area contributed by atoms with Crippen molar-refractivity contribution in [2.45, 2.75) is 34.1 Å². The van der Waals surface area contributed by atoms with Crippen LogP contribution in [0.5, 0.6) is 0 Å². The average Bonchev–Trinajstić information content (AvgIpc) is 2.12. The summed E-state index contributed by atoms with van der Waals surface area (Å²) in [6.45, 7) is 11.2. The Morgan fingerprint density at radius 1 is 1.25 bits per heavy atom. The highest BCUT2D eigenvalue weighted by Gasteiger charge is 2.12. The molecule has 0 aliphatic carbocycles. The molecule has 0 radical (unpaired) electrons. The van der Waals surface area contributed by atoms with Gasteiger partial charge in [-0.3, -0.25) is 4.79 Å². The van der Waals surface area contributed by atoms with Crippen molar-refractivity contribution in [3.05, 3.63) is 0 Å². The topological polar surface area (TPSA) is 20.3 Å². The number of hydrogen-bond donors (Lipinski definition) is 0. The summed E-state index contributed by atoms with van der Waals surface area (Å²) in [5.74, 6) is 0.580. The van der Waals surface area contributed by atoms with Gasteiger partial charge in [-0.25, -0.2) is 0 Å². The normalized spacial score (nSPS) is 13.4. The van der Waals surface area contributed by atoms with Gasteiger partial charge in [0, 0.05) is 18.9 Å². The molecule has 2 heteroatoms. The monoisotopic (exact) mass is 171 g/mol. The molecule has 0 N–H and O–H groups in total. The molecule has 0 aromatic carbocycles. The Hall–Kier alpha value is -0.370. The van der Waals surface area contributed by atoms with E-state index in [2.05, 4.69) is 18.7 Å². The molecule has 0 spiro atoms. The van der Waals surface area contributed by atoms with Gasteiger partial charge < -0.3 is 4.90 Å². The molecular weight excluding hydrogens is 150 g/mol. The maximum atomic E-state index is 11.3. The van der Waals surface area contributed by atoms with E-state index in [9.17, 15) is 4.79 Å². The van der Waals surface area contributed by atoms with E-state index in [1.807, 2.05) is 13.8 Å². The first kappa shape index (κ1) is 11.6. The van der Waals surface area contributed by atoms with E-state index < -0.39 is 0 Å². The van der Waals surface area contributed by atoms with Gasteiger partial charge in [0.15, 0.2) is 0 Å². The second-order valence-electron chi connectivity index (χ2n) is 3.21. The summed E-state index contributed by atoms with van der Waals surface area (Å²) in [6, 6.07) is 0. The zero-order valence-electron chi connectivity index (χ0n) is 8.76. The van der Waals surface area contributed by atoms with Crippen LogP contribution < -0.4 is 0 Å². The van der Waals surface area contributed by atoms with Crippen molar-refractivity contribution in [1.29, 1.82) is 0 Å². The molecule has 0 amide bonds. The molecule has 0 aliphatic heterocycles. The predicted molar refractivity (Wildman–Crippen MR) is 52.3 cm³/mol. The summed E-state index contributed by atoms with van der Waals surface area (Å²) in [5, 5.41) is 0. The van der Waals surface area contributed by atoms with Gasteiger partial charge >= 0.3 is 0 Å². The molecule has 72 valence electrons. The predicted octanol–water partition coefficient (Wildman–Crippen LogP) is 1.94. The second-order valence-corrected chi connectivity index (χ2v) is 3.21. The fraction of sp³-hybridized carbons (Fsp3) is 0.900. The molecule has 0 aromatic heterocycles. The molecule has 2 nitrogen and oxygen atoms in total. The minimum absolute atomic E-state index is 0.204. The molecule has 0 aliphatic rings. The van der Waals surface area contributed by atoms with Crippen molar-refractivity contribution in [3.63, 3.8) is 0 Å². The first-order valence-electron chi connectivity index (χ1n) is 4.90. The molecule has 12 heavy (non-hydrogen) atoms. The summed E-state index contributed by atoms with van der Waals surface area (Å²) in [7, 11) is 0. The lowest BCUT2D eigenvalue weighted by Gasteiger charge is -2.21. The number of nitrogens with zero attached hydrogens (tertiary/aromatic N) is 1. The Labute approximate surface area is 75.9 Å². The van der Waals surface area contributed by atoms with Crippen LogP contribution in [0.1, 0.15) is 34.1 Å². The van der Waals surface area contributed by atoms with E-state index >= 15 is 0 Å². The van der Waals surface area contributed by atoms with Crippen LogP contribution >= 0.6 is 0 Å². The molecule has 1 unspecified atom stereocenters. The van der Waals surface area contributed by atoms with E-state index in [0.717, 1.165) is 19.6 Å². The first-order valence-corrected chi connectivity index (χ1v) is 4.90. The Kier molecular flexibility index (Phi) is 5.99. The summed E-state index contributed by atoms with van der Waals surface area (Å²) in [4.78, 5) is 13.5. The Balaban J connectivity index is 3.80. The van der Waals surface area contributed by atoms with Crippen molar-refractivity contribution in [2.75, 3.05) is 19.6 Å². The van der Waals surface area contributed by atoms with Crippen molar-refractivity contribution < 1.29 is 4.79 Å². The number of rotatable bonds is 6. The van der Waals surface area contributed by atoms with E-state index in [-0.39, 0.29) is 5.92 Å². The fourth-order valence-electron chi connectivity index (χ4n) is 1.32. The summed E-state index contributed by atoms with van der Waals surface area (Å²) < 4.78 is 0. The number of hydrogen-bond acceptors (Lipinski definition) is 2. The number of carbonyl (C=O) groups excluding carboxylic acids is 1. The lowest BCUT2D eigenvalue weighted by Crippen LogP contribution is -2.31. The molecule has 1 atom stereocenters. The lowest BCUT2D eigenvalue weighted by atomic mass is 10.0. The largest absolute Gasteiger partial charge is 0.303 e. The quantitative estimate of drug-likeness (QED) is 0.608. The third-order valence-corrected chi connectivity index (χ3v) is 2.32. The standard InChI is InChI=1S/C10H21NO/c1-5-10(12)9(4)8-11(6-2)7-3/h9H,5-8H2,1-4H3. The van der Waals surface area contributed by atoms with E-state index in [4.69, 9.17) is 0 Å². The van der Waals surface area contributed by atoms with Gasteiger partial charge in [-0.2, -0.15) is 0 Å². The zero-order valence-corrected chi connectivity index (χ0v) is 8.76. The van der Waals surface area contributed by atoms with Gasteiger partial charge in [0.2, 0.25) is 0 Å². The minimum atomic E-state index is 0.204. The van der Waals surface area contributed by atoms with Gasteiger partial charge in [-0.05, 0) is 13.1 Å². The van der Waals surface area contributed by atoms with Gasteiger partial charge in [0.25, 0.3) is 0 Å². The van der Waals surface area contributed by atoms with Crippen molar-refractivity contribution in [1.82, 2.24) is 4.90 Å². The molecule has 0 rings (SSSR count). The average molecular weight is 171 g/mol. The molecular formula is C10H21NO. The number of carbonyl (C=O) groups is 1. The molecule has 0 bridgehead atoms. The maximum Gasteiger partial charge on any atom is 0.136 e. The molecule has 0 heterocycles. The van der Waals surface area contributed by atoms with E-state index in [0.29, 0.717) is 12.2 Å². The Bertz CT molecular complexity index is 130. The van der Waals surface area contributed by atoms with E-state index in [1.165, 1.54) is 0 Å². The van der Waals surface area contributed by atoms with E-state index in [1.54, 1.807) is 0 Å². The van der Waals surface area contributed by atoms with Crippen LogP contribution in [0.25, 0.3) is 0 Å². The Morgan fingerprint density at radius 3 is 2.08 bits per heavy atom. The van der Waals surface area contributed by atoms with Crippen LogP contribution in [-0.4, -0.2) is 30.3 Å². The second kappa shape index (κ2) is 6.18. The van der Waals surface area contributed by atoms with Crippen LogP contribution in [0.3, 0.4) is 0 Å². The van der Waals surface area contributed by atoms with Crippen LogP contribution in [0.4, 0.5) is 0 Å². The molecule has 0 fully saturated rings. The lowest BCUT2D eigenvalue weighted by molar-refractivity contribution is -0.122. The SMILES string of the molecule is CCC(=O)C(C)CN(CC)CC. The Morgan fingerprint density at radius 2 is 1.75 bits per heavy atom. The van der Waals surface area contributed by atoms with Crippen molar-refractivity contribution in [3.8, 4) is 0 Å². The minimum Gasteiger partial charge on any atom is -0.303 e. The highest BCUT2D eigenvalue weighted by molar-refractivity contribution is 5.80.